The SMILES string of the molecule is CC(=O)CC(NS(=O)(=O)c1cc(-c2cccc(NC(=O)NCC(C)(F)F)c2)ccc1ON(C)C)c1ccccc1. The molecule has 0 saturated carbocycles. The van der Waals surface area contributed by atoms with Gasteiger partial charge in [-0.15, -0.1) is 0 Å². The van der Waals surface area contributed by atoms with E-state index in [2.05, 4.69) is 15.4 Å². The molecule has 1 unspecified atom stereocenters. The Morgan fingerprint density at radius 2 is 1.65 bits per heavy atom. The zero-order valence-electron chi connectivity index (χ0n) is 22.6. The first-order chi connectivity index (χ1) is 18.7. The summed E-state index contributed by atoms with van der Waals surface area (Å²) in [5.41, 5.74) is 1.98. The number of carbonyl (C=O) groups excluding carboxylic acids is 2. The normalized spacial score (nSPS) is 12.6. The van der Waals surface area contributed by atoms with Gasteiger partial charge in [0, 0.05) is 33.1 Å². The lowest BCUT2D eigenvalue weighted by molar-refractivity contribution is -0.117. The lowest BCUT2D eigenvalue weighted by Crippen LogP contribution is -2.37. The van der Waals surface area contributed by atoms with Crippen molar-refractivity contribution in [1.29, 1.82) is 0 Å². The summed E-state index contributed by atoms with van der Waals surface area (Å²) in [4.78, 5) is 29.5. The summed E-state index contributed by atoms with van der Waals surface area (Å²) < 4.78 is 56.2. The molecule has 3 aromatic rings. The second-order valence-corrected chi connectivity index (χ2v) is 11.2. The molecule has 40 heavy (non-hydrogen) atoms. The van der Waals surface area contributed by atoms with Crippen LogP contribution in [0.4, 0.5) is 19.3 Å². The quantitative estimate of drug-likeness (QED) is 0.263. The fourth-order valence-electron chi connectivity index (χ4n) is 3.81. The number of hydroxylamine groups is 2. The van der Waals surface area contributed by atoms with Crippen LogP contribution < -0.4 is 20.2 Å². The van der Waals surface area contributed by atoms with E-state index < -0.39 is 34.6 Å². The summed E-state index contributed by atoms with van der Waals surface area (Å²) in [6.07, 6.45) is -0.0491. The second-order valence-electron chi connectivity index (χ2n) is 9.51. The van der Waals surface area contributed by atoms with Crippen LogP contribution in [-0.4, -0.2) is 51.9 Å². The molecule has 0 aliphatic carbocycles. The van der Waals surface area contributed by atoms with E-state index in [0.717, 1.165) is 0 Å². The van der Waals surface area contributed by atoms with Crippen molar-refractivity contribution in [3.05, 3.63) is 78.4 Å². The molecular weight excluding hydrogens is 542 g/mol. The van der Waals surface area contributed by atoms with E-state index in [1.165, 1.54) is 24.1 Å². The molecular formula is C28H32F2N4O5S. The third-order valence-corrected chi connectivity index (χ3v) is 7.01. The maximum absolute atomic E-state index is 13.7. The largest absolute Gasteiger partial charge is 0.405 e. The topological polar surface area (TPSA) is 117 Å². The van der Waals surface area contributed by atoms with Gasteiger partial charge in [-0.3, -0.25) is 4.79 Å². The molecule has 0 heterocycles. The number of anilines is 1. The molecule has 214 valence electrons. The first-order valence-corrected chi connectivity index (χ1v) is 13.8. The molecule has 0 radical (unpaired) electrons. The number of benzene rings is 3. The lowest BCUT2D eigenvalue weighted by atomic mass is 10.0. The highest BCUT2D eigenvalue weighted by atomic mass is 32.2. The molecule has 0 aromatic heterocycles. The van der Waals surface area contributed by atoms with Crippen molar-refractivity contribution < 1.29 is 31.6 Å². The van der Waals surface area contributed by atoms with E-state index in [-0.39, 0.29) is 22.8 Å². The van der Waals surface area contributed by atoms with Crippen LogP contribution in [0, 0.1) is 0 Å². The summed E-state index contributed by atoms with van der Waals surface area (Å²) in [5.74, 6) is -3.19. The number of urea groups is 1. The van der Waals surface area contributed by atoms with Crippen molar-refractivity contribution in [2.45, 2.75) is 37.1 Å². The molecule has 0 saturated heterocycles. The van der Waals surface area contributed by atoms with Crippen molar-refractivity contribution in [3.8, 4) is 16.9 Å². The average molecular weight is 575 g/mol. The Bertz CT molecular complexity index is 1440. The summed E-state index contributed by atoms with van der Waals surface area (Å²) in [6.45, 7) is 1.26. The second kappa shape index (κ2) is 13.0. The van der Waals surface area contributed by atoms with Crippen LogP contribution in [0.15, 0.2) is 77.7 Å². The molecule has 0 fully saturated rings. The first kappa shape index (κ1) is 30.7. The molecule has 0 bridgehead atoms. The molecule has 3 rings (SSSR count). The Labute approximate surface area is 232 Å². The van der Waals surface area contributed by atoms with E-state index >= 15 is 0 Å². The summed E-state index contributed by atoms with van der Waals surface area (Å²) in [6, 6.07) is 18.2. The van der Waals surface area contributed by atoms with Gasteiger partial charge in [-0.05, 0) is 47.9 Å². The number of sulfonamides is 1. The van der Waals surface area contributed by atoms with Gasteiger partial charge >= 0.3 is 6.03 Å². The standard InChI is InChI=1S/C28H32F2N4O5S/c1-19(35)15-24(20-9-6-5-7-10-20)33-40(37,38)26-17-22(13-14-25(26)39-34(3)4)21-11-8-12-23(16-21)32-27(36)31-18-28(2,29)30/h5-14,16-17,24,33H,15,18H2,1-4H3,(H2,31,32,36). The monoisotopic (exact) mass is 574 g/mol. The number of carbonyl (C=O) groups is 2. The Hall–Kier alpha value is -3.87. The maximum atomic E-state index is 13.7. The molecule has 9 nitrogen and oxygen atoms in total. The van der Waals surface area contributed by atoms with Crippen LogP contribution in [0.25, 0.3) is 11.1 Å². The smallest absolute Gasteiger partial charge is 0.319 e. The van der Waals surface area contributed by atoms with Crippen LogP contribution >= 0.6 is 0 Å². The van der Waals surface area contributed by atoms with Gasteiger partial charge in [0.2, 0.25) is 10.0 Å². The lowest BCUT2D eigenvalue weighted by Gasteiger charge is -2.21. The number of amides is 2. The Balaban J connectivity index is 1.96. The predicted molar refractivity (Wildman–Crippen MR) is 149 cm³/mol. The fourth-order valence-corrected chi connectivity index (χ4v) is 5.18. The van der Waals surface area contributed by atoms with Crippen LogP contribution in [-0.2, 0) is 14.8 Å². The number of nitrogens with zero attached hydrogens (tertiary/aromatic N) is 1. The van der Waals surface area contributed by atoms with Gasteiger partial charge in [0.05, 0.1) is 12.6 Å². The highest BCUT2D eigenvalue weighted by Crippen LogP contribution is 2.33. The number of Topliss-reactive ketones (excluding diaryl/α,β-unsaturated/α-hetero) is 1. The van der Waals surface area contributed by atoms with Crippen molar-refractivity contribution in [2.24, 2.45) is 0 Å². The van der Waals surface area contributed by atoms with Gasteiger partial charge in [0.15, 0.2) is 5.75 Å². The van der Waals surface area contributed by atoms with Gasteiger partial charge < -0.3 is 15.5 Å². The van der Waals surface area contributed by atoms with E-state index in [1.54, 1.807) is 74.8 Å². The number of hydrogen-bond donors (Lipinski definition) is 3. The van der Waals surface area contributed by atoms with E-state index in [9.17, 15) is 26.8 Å². The predicted octanol–water partition coefficient (Wildman–Crippen LogP) is 4.98. The minimum Gasteiger partial charge on any atom is -0.405 e. The zero-order chi connectivity index (χ0) is 29.5. The number of ketones is 1. The van der Waals surface area contributed by atoms with E-state index in [0.29, 0.717) is 29.3 Å². The molecule has 2 amide bonds. The fraction of sp³-hybridized carbons (Fsp3) is 0.286. The van der Waals surface area contributed by atoms with Crippen molar-refractivity contribution in [1.82, 2.24) is 15.1 Å². The Kier molecular flexibility index (Phi) is 9.96. The van der Waals surface area contributed by atoms with Gasteiger partial charge in [0.1, 0.15) is 10.7 Å². The van der Waals surface area contributed by atoms with Crippen molar-refractivity contribution in [2.75, 3.05) is 26.0 Å². The molecule has 12 heteroatoms. The Morgan fingerprint density at radius 3 is 2.27 bits per heavy atom. The van der Waals surface area contributed by atoms with Crippen molar-refractivity contribution >= 4 is 27.5 Å². The third kappa shape index (κ3) is 9.11. The Morgan fingerprint density at radius 1 is 0.975 bits per heavy atom. The van der Waals surface area contributed by atoms with Gasteiger partial charge in [-0.1, -0.05) is 48.5 Å². The van der Waals surface area contributed by atoms with Crippen LogP contribution in [0.5, 0.6) is 5.75 Å². The number of halogens is 2. The van der Waals surface area contributed by atoms with Gasteiger partial charge in [-0.2, -0.15) is 5.06 Å². The maximum Gasteiger partial charge on any atom is 0.319 e. The molecule has 1 atom stereocenters. The summed E-state index contributed by atoms with van der Waals surface area (Å²) >= 11 is 0. The first-order valence-electron chi connectivity index (χ1n) is 12.3. The van der Waals surface area contributed by atoms with Crippen LogP contribution in [0.1, 0.15) is 31.9 Å². The molecule has 0 aliphatic heterocycles. The van der Waals surface area contributed by atoms with E-state index in [4.69, 9.17) is 4.84 Å². The summed E-state index contributed by atoms with van der Waals surface area (Å²) in [5, 5.41) is 5.94. The number of nitrogens with one attached hydrogen (secondary N) is 3. The third-order valence-electron chi connectivity index (χ3n) is 5.52. The van der Waals surface area contributed by atoms with Gasteiger partial charge in [0.25, 0.3) is 5.92 Å². The minimum absolute atomic E-state index is 0.0491. The minimum atomic E-state index is -4.22. The molecule has 0 aliphatic rings. The zero-order valence-corrected chi connectivity index (χ0v) is 23.4. The molecule has 0 spiro atoms. The molecule has 3 aromatic carbocycles. The van der Waals surface area contributed by atoms with E-state index in [1.807, 2.05) is 0 Å². The van der Waals surface area contributed by atoms with Gasteiger partial charge in [-0.25, -0.2) is 26.7 Å². The molecule has 3 N–H and O–H groups in total. The highest BCUT2D eigenvalue weighted by molar-refractivity contribution is 7.89. The number of hydrogen-bond acceptors (Lipinski definition) is 6. The number of rotatable bonds is 12. The van der Waals surface area contributed by atoms with Crippen molar-refractivity contribution in [3.63, 3.8) is 0 Å². The average Bonchev–Trinajstić information content (AvgIpc) is 2.87. The van der Waals surface area contributed by atoms with Crippen LogP contribution in [0.2, 0.25) is 0 Å². The number of alkyl halides is 2. The summed E-state index contributed by atoms with van der Waals surface area (Å²) in [7, 11) is -1.00. The van der Waals surface area contributed by atoms with Crippen LogP contribution in [0.3, 0.4) is 0 Å². The highest BCUT2D eigenvalue weighted by Gasteiger charge is 2.27.